The van der Waals surface area contributed by atoms with Crippen molar-refractivity contribution in [2.75, 3.05) is 13.2 Å². The molecule has 0 N–H and O–H groups in total. The molecule has 1 atom stereocenters. The maximum absolute atomic E-state index is 13.4. The Morgan fingerprint density at radius 1 is 1.30 bits per heavy atom. The number of ketones is 1. The molecule has 0 bridgehead atoms. The second kappa shape index (κ2) is 9.76. The summed E-state index contributed by atoms with van der Waals surface area (Å²) in [7, 11) is 1.72. The predicted octanol–water partition coefficient (Wildman–Crippen LogP) is 4.37. The van der Waals surface area contributed by atoms with Gasteiger partial charge in [0.05, 0.1) is 12.6 Å². The zero-order chi connectivity index (χ0) is 22.6. The number of hydrogen-bond acceptors (Lipinski definition) is 4. The van der Waals surface area contributed by atoms with Crippen molar-refractivity contribution in [2.24, 2.45) is 7.05 Å². The van der Waals surface area contributed by atoms with E-state index in [4.69, 9.17) is 16.3 Å². The fourth-order valence-electron chi connectivity index (χ4n) is 3.52. The first-order valence-corrected chi connectivity index (χ1v) is 10.1. The molecule has 0 aliphatic carbocycles. The van der Waals surface area contributed by atoms with Crippen molar-refractivity contribution in [1.29, 1.82) is 0 Å². The number of aromatic nitrogens is 1. The van der Waals surface area contributed by atoms with Crippen LogP contribution in [-0.4, -0.2) is 46.3 Å². The Bertz CT molecular complexity index is 993. The van der Waals surface area contributed by atoms with Gasteiger partial charge >= 0.3 is 5.97 Å². The monoisotopic (exact) mass is 430 g/mol. The molecule has 0 aliphatic rings. The topological polar surface area (TPSA) is 68.6 Å². The zero-order valence-corrected chi connectivity index (χ0v) is 18.7. The van der Waals surface area contributed by atoms with E-state index in [1.165, 1.54) is 4.90 Å². The number of esters is 1. The molecule has 1 heterocycles. The first-order valence-electron chi connectivity index (χ1n) is 9.70. The van der Waals surface area contributed by atoms with Gasteiger partial charge in [0.2, 0.25) is 0 Å². The fraction of sp³-hybridized carbons (Fsp3) is 0.348. The minimum absolute atomic E-state index is 0.188. The lowest BCUT2D eigenvalue weighted by Gasteiger charge is -2.27. The summed E-state index contributed by atoms with van der Waals surface area (Å²) >= 11 is 6.02. The molecule has 1 aromatic carbocycles. The van der Waals surface area contributed by atoms with E-state index in [2.05, 4.69) is 6.58 Å². The summed E-state index contributed by atoms with van der Waals surface area (Å²) in [5, 5.41) is 0.437. The molecule has 2 rings (SSSR count). The highest BCUT2D eigenvalue weighted by molar-refractivity contribution is 6.31. The average molecular weight is 431 g/mol. The fourth-order valence-corrected chi connectivity index (χ4v) is 3.71. The van der Waals surface area contributed by atoms with E-state index in [0.717, 1.165) is 0 Å². The van der Waals surface area contributed by atoms with E-state index in [9.17, 15) is 14.4 Å². The molecule has 0 radical (unpaired) electrons. The normalized spacial score (nSPS) is 11.7. The average Bonchev–Trinajstić information content (AvgIpc) is 2.93. The standard InChI is InChI=1S/C23H27ClN2O4/c1-7-12-26(22(28)17-10-9-11-18(24)13-17)16(5)21(27)19-14(3)20(23(29)30-8-2)25(6)15(19)4/h7,9-11,13,16H,1,8,12H2,2-6H3. The summed E-state index contributed by atoms with van der Waals surface area (Å²) in [5.74, 6) is -1.06. The number of carbonyl (C=O) groups excluding carboxylic acids is 3. The lowest BCUT2D eigenvalue weighted by Crippen LogP contribution is -2.43. The highest BCUT2D eigenvalue weighted by Crippen LogP contribution is 2.25. The molecule has 0 aliphatic heterocycles. The predicted molar refractivity (Wildman–Crippen MR) is 117 cm³/mol. The van der Waals surface area contributed by atoms with Gasteiger partial charge in [-0.15, -0.1) is 6.58 Å². The van der Waals surface area contributed by atoms with Gasteiger partial charge in [0.25, 0.3) is 5.91 Å². The van der Waals surface area contributed by atoms with Gasteiger partial charge in [0.15, 0.2) is 5.78 Å². The molecule has 160 valence electrons. The molecule has 2 aromatic rings. The quantitative estimate of drug-likeness (QED) is 0.354. The maximum Gasteiger partial charge on any atom is 0.355 e. The van der Waals surface area contributed by atoms with Gasteiger partial charge in [-0.05, 0) is 51.5 Å². The number of nitrogens with zero attached hydrogens (tertiary/aromatic N) is 2. The third kappa shape index (κ3) is 4.49. The molecule has 0 spiro atoms. The Kier molecular flexibility index (Phi) is 7.62. The van der Waals surface area contributed by atoms with Gasteiger partial charge < -0.3 is 14.2 Å². The van der Waals surface area contributed by atoms with Crippen LogP contribution >= 0.6 is 11.6 Å². The lowest BCUT2D eigenvalue weighted by atomic mass is 9.99. The molecular weight excluding hydrogens is 404 g/mol. The van der Waals surface area contributed by atoms with E-state index in [-0.39, 0.29) is 24.8 Å². The van der Waals surface area contributed by atoms with Gasteiger partial charge in [-0.1, -0.05) is 23.7 Å². The number of halogens is 1. The summed E-state index contributed by atoms with van der Waals surface area (Å²) in [4.78, 5) is 40.3. The first-order chi connectivity index (χ1) is 14.1. The molecule has 0 saturated heterocycles. The molecule has 7 heteroatoms. The lowest BCUT2D eigenvalue weighted by molar-refractivity contribution is 0.0513. The van der Waals surface area contributed by atoms with Crippen LogP contribution in [0.5, 0.6) is 0 Å². The van der Waals surface area contributed by atoms with Crippen molar-refractivity contribution in [3.05, 3.63) is 70.0 Å². The minimum atomic E-state index is -0.774. The molecule has 30 heavy (non-hydrogen) atoms. The Hall–Kier alpha value is -2.86. The van der Waals surface area contributed by atoms with Crippen LogP contribution in [0.1, 0.15) is 56.3 Å². The van der Waals surface area contributed by atoms with Crippen molar-refractivity contribution in [2.45, 2.75) is 33.7 Å². The largest absolute Gasteiger partial charge is 0.461 e. The summed E-state index contributed by atoms with van der Waals surface area (Å²) in [6.45, 7) is 11.0. The van der Waals surface area contributed by atoms with Gasteiger partial charge in [-0.3, -0.25) is 9.59 Å². The van der Waals surface area contributed by atoms with Crippen LogP contribution in [-0.2, 0) is 11.8 Å². The minimum Gasteiger partial charge on any atom is -0.461 e. The van der Waals surface area contributed by atoms with Gasteiger partial charge in [0.1, 0.15) is 5.69 Å². The zero-order valence-electron chi connectivity index (χ0n) is 18.0. The molecule has 1 amide bonds. The Labute approximate surface area is 182 Å². The van der Waals surface area contributed by atoms with Crippen LogP contribution < -0.4 is 0 Å². The number of rotatable bonds is 8. The number of Topliss-reactive ketones (excluding diaryl/α,β-unsaturated/α-hetero) is 1. The SMILES string of the molecule is C=CCN(C(=O)c1cccc(Cl)c1)C(C)C(=O)c1c(C)c(C(=O)OCC)n(C)c1C. The number of amides is 1. The Morgan fingerprint density at radius 2 is 1.97 bits per heavy atom. The van der Waals surface area contributed by atoms with E-state index in [1.54, 1.807) is 69.7 Å². The second-order valence-electron chi connectivity index (χ2n) is 7.01. The molecule has 0 saturated carbocycles. The summed E-state index contributed by atoms with van der Waals surface area (Å²) in [5.41, 5.74) is 2.32. The van der Waals surface area contributed by atoms with Gasteiger partial charge in [-0.25, -0.2) is 4.79 Å². The van der Waals surface area contributed by atoms with Gasteiger partial charge in [-0.2, -0.15) is 0 Å². The van der Waals surface area contributed by atoms with Crippen molar-refractivity contribution < 1.29 is 19.1 Å². The van der Waals surface area contributed by atoms with Crippen LogP contribution in [0.15, 0.2) is 36.9 Å². The molecule has 6 nitrogen and oxygen atoms in total. The number of benzene rings is 1. The summed E-state index contributed by atoms with van der Waals surface area (Å²) in [6.07, 6.45) is 1.57. The smallest absolute Gasteiger partial charge is 0.355 e. The maximum atomic E-state index is 13.4. The van der Waals surface area contributed by atoms with Crippen LogP contribution in [0.3, 0.4) is 0 Å². The van der Waals surface area contributed by atoms with Crippen molar-refractivity contribution in [1.82, 2.24) is 9.47 Å². The summed E-state index contributed by atoms with van der Waals surface area (Å²) in [6, 6.07) is 5.81. The number of hydrogen-bond donors (Lipinski definition) is 0. The van der Waals surface area contributed by atoms with E-state index >= 15 is 0 Å². The molecule has 0 fully saturated rings. The van der Waals surface area contributed by atoms with E-state index in [1.807, 2.05) is 0 Å². The van der Waals surface area contributed by atoms with Crippen molar-refractivity contribution >= 4 is 29.3 Å². The first kappa shape index (κ1) is 23.4. The third-order valence-corrected chi connectivity index (χ3v) is 5.39. The van der Waals surface area contributed by atoms with Crippen LogP contribution in [0.4, 0.5) is 0 Å². The number of ether oxygens (including phenoxy) is 1. The van der Waals surface area contributed by atoms with Crippen LogP contribution in [0, 0.1) is 13.8 Å². The summed E-state index contributed by atoms with van der Waals surface area (Å²) < 4.78 is 6.79. The molecule has 1 unspecified atom stereocenters. The van der Waals surface area contributed by atoms with Crippen LogP contribution in [0.2, 0.25) is 5.02 Å². The second-order valence-corrected chi connectivity index (χ2v) is 7.45. The Balaban J connectivity index is 2.45. The Morgan fingerprint density at radius 3 is 2.53 bits per heavy atom. The van der Waals surface area contributed by atoms with Crippen molar-refractivity contribution in [3.63, 3.8) is 0 Å². The van der Waals surface area contributed by atoms with Crippen LogP contribution in [0.25, 0.3) is 0 Å². The number of carbonyl (C=O) groups is 3. The van der Waals surface area contributed by atoms with Crippen molar-refractivity contribution in [3.8, 4) is 0 Å². The van der Waals surface area contributed by atoms with Gasteiger partial charge in [0, 0.05) is 35.4 Å². The highest BCUT2D eigenvalue weighted by atomic mass is 35.5. The third-order valence-electron chi connectivity index (χ3n) is 5.15. The van der Waals surface area contributed by atoms with E-state index in [0.29, 0.717) is 33.1 Å². The molecular formula is C23H27ClN2O4. The van der Waals surface area contributed by atoms with E-state index < -0.39 is 12.0 Å². The highest BCUT2D eigenvalue weighted by Gasteiger charge is 2.32. The molecule has 1 aromatic heterocycles.